The fourth-order valence-corrected chi connectivity index (χ4v) is 4.36. The summed E-state index contributed by atoms with van der Waals surface area (Å²) in [5.41, 5.74) is 0.993. The zero-order valence-corrected chi connectivity index (χ0v) is 25.1. The monoisotopic (exact) mass is 556 g/mol. The van der Waals surface area contributed by atoms with E-state index in [2.05, 4.69) is 11.7 Å². The van der Waals surface area contributed by atoms with Gasteiger partial charge in [0, 0.05) is 0 Å². The smallest absolute Gasteiger partial charge is 0.337 e. The number of ether oxygens (including phenoxy) is 3. The van der Waals surface area contributed by atoms with E-state index in [1.54, 1.807) is 12.1 Å². The summed E-state index contributed by atoms with van der Waals surface area (Å²) < 4.78 is 14.9. The molecule has 0 radical (unpaired) electrons. The number of carbonyl (C=O) groups is 2. The summed E-state index contributed by atoms with van der Waals surface area (Å²) in [6.45, 7) is 3.03. The molecule has 0 aromatic heterocycles. The van der Waals surface area contributed by atoms with Crippen molar-refractivity contribution in [3.05, 3.63) is 59.7 Å². The molecule has 0 saturated heterocycles. The van der Waals surface area contributed by atoms with Gasteiger partial charge in [0.05, 0.1) is 32.0 Å². The average Bonchev–Trinajstić information content (AvgIpc) is 2.99. The highest BCUT2D eigenvalue weighted by Crippen LogP contribution is 2.16. The first-order chi connectivity index (χ1) is 19.5. The van der Waals surface area contributed by atoms with E-state index in [1.807, 2.05) is 12.1 Å². The molecule has 0 heterocycles. The van der Waals surface area contributed by atoms with Crippen molar-refractivity contribution in [2.45, 2.75) is 110 Å². The van der Waals surface area contributed by atoms with Gasteiger partial charge in [0.1, 0.15) is 11.5 Å². The molecule has 0 spiro atoms. The van der Waals surface area contributed by atoms with E-state index in [-0.39, 0.29) is 11.7 Å². The molecule has 0 bridgehead atoms. The van der Waals surface area contributed by atoms with Crippen LogP contribution in [0.15, 0.2) is 48.5 Å². The van der Waals surface area contributed by atoms with E-state index in [1.165, 1.54) is 135 Å². The molecule has 0 unspecified atom stereocenters. The molecular formula is C34H52O6. The van der Waals surface area contributed by atoms with Gasteiger partial charge in [-0.05, 0) is 55.0 Å². The first-order valence-electron chi connectivity index (χ1n) is 15.2. The molecule has 0 atom stereocenters. The molecule has 0 amide bonds. The topological polar surface area (TPSA) is 82.1 Å². The number of carbonyl (C=O) groups excluding carboxylic acids is 2. The zero-order chi connectivity index (χ0) is 29.3. The van der Waals surface area contributed by atoms with Crippen LogP contribution in [0.2, 0.25) is 0 Å². The van der Waals surface area contributed by atoms with Gasteiger partial charge in [0.25, 0.3) is 0 Å². The van der Waals surface area contributed by atoms with Crippen LogP contribution in [0.25, 0.3) is 0 Å². The highest BCUT2D eigenvalue weighted by Gasteiger charge is 2.05. The van der Waals surface area contributed by atoms with Crippen LogP contribution in [0.1, 0.15) is 130 Å². The average molecular weight is 557 g/mol. The van der Waals surface area contributed by atoms with E-state index in [0.29, 0.717) is 11.1 Å². The number of esters is 2. The van der Waals surface area contributed by atoms with E-state index < -0.39 is 5.97 Å². The van der Waals surface area contributed by atoms with Crippen LogP contribution in [0.4, 0.5) is 0 Å². The van der Waals surface area contributed by atoms with Crippen molar-refractivity contribution in [2.24, 2.45) is 0 Å². The second-order valence-electron chi connectivity index (χ2n) is 10.2. The van der Waals surface area contributed by atoms with Crippen molar-refractivity contribution in [1.82, 2.24) is 0 Å². The molecule has 0 aliphatic heterocycles. The van der Waals surface area contributed by atoms with Crippen LogP contribution in [-0.2, 0) is 9.47 Å². The second kappa shape index (κ2) is 23.8. The standard InChI is InChI=1S/C26H44O3.C8H8O3/c1-3-4-5-6-7-8-9-10-11-12-13-14-15-16-17-18-23-29-25-21-19-24(20-22-25)26(27)28-2;1-11-8(10)6-2-4-7(9)5-3-6/h19-22H,3-18,23H2,1-2H3;2-5,9H,1H3. The molecule has 1 N–H and O–H groups in total. The summed E-state index contributed by atoms with van der Waals surface area (Å²) in [6, 6.07) is 13.0. The third-order valence-corrected chi connectivity index (χ3v) is 6.83. The van der Waals surface area contributed by atoms with Crippen molar-refractivity contribution in [1.29, 1.82) is 0 Å². The Kier molecular flexibility index (Phi) is 20.9. The molecule has 2 aromatic rings. The van der Waals surface area contributed by atoms with E-state index in [4.69, 9.17) is 14.6 Å². The zero-order valence-electron chi connectivity index (χ0n) is 25.1. The third-order valence-electron chi connectivity index (χ3n) is 6.83. The van der Waals surface area contributed by atoms with Crippen molar-refractivity contribution in [2.75, 3.05) is 20.8 Å². The number of rotatable bonds is 20. The number of benzene rings is 2. The molecule has 40 heavy (non-hydrogen) atoms. The Morgan fingerprint density at radius 3 is 1.27 bits per heavy atom. The predicted octanol–water partition coefficient (Wildman–Crippen LogP) is 9.29. The van der Waals surface area contributed by atoms with Crippen molar-refractivity contribution >= 4 is 11.9 Å². The number of unbranched alkanes of at least 4 members (excludes halogenated alkanes) is 15. The Balaban J connectivity index is 0.000000603. The maximum Gasteiger partial charge on any atom is 0.337 e. The minimum absolute atomic E-state index is 0.137. The normalized spacial score (nSPS) is 10.4. The fraction of sp³-hybridized carbons (Fsp3) is 0.588. The highest BCUT2D eigenvalue weighted by molar-refractivity contribution is 5.89. The molecule has 0 aliphatic carbocycles. The lowest BCUT2D eigenvalue weighted by atomic mass is 10.0. The highest BCUT2D eigenvalue weighted by atomic mass is 16.5. The molecular weight excluding hydrogens is 504 g/mol. The minimum atomic E-state index is -0.398. The number of phenols is 1. The first kappa shape index (κ1) is 35.0. The van der Waals surface area contributed by atoms with Crippen molar-refractivity contribution in [3.63, 3.8) is 0 Å². The summed E-state index contributed by atoms with van der Waals surface area (Å²) in [6.07, 6.45) is 22.0. The van der Waals surface area contributed by atoms with Gasteiger partial charge in [-0.15, -0.1) is 0 Å². The second-order valence-corrected chi connectivity index (χ2v) is 10.2. The van der Waals surface area contributed by atoms with Gasteiger partial charge in [0.15, 0.2) is 0 Å². The van der Waals surface area contributed by atoms with Crippen LogP contribution >= 0.6 is 0 Å². The molecule has 0 saturated carbocycles. The molecule has 6 nitrogen and oxygen atoms in total. The maximum absolute atomic E-state index is 11.4. The number of hydrogen-bond donors (Lipinski definition) is 1. The summed E-state index contributed by atoms with van der Waals surface area (Å²) >= 11 is 0. The predicted molar refractivity (Wildman–Crippen MR) is 162 cm³/mol. The van der Waals surface area contributed by atoms with Crippen molar-refractivity contribution < 1.29 is 28.9 Å². The van der Waals surface area contributed by atoms with Gasteiger partial charge in [-0.3, -0.25) is 0 Å². The molecule has 2 rings (SSSR count). The quantitative estimate of drug-likeness (QED) is 0.129. The van der Waals surface area contributed by atoms with E-state index in [9.17, 15) is 9.59 Å². The van der Waals surface area contributed by atoms with E-state index in [0.717, 1.165) is 18.8 Å². The third kappa shape index (κ3) is 17.5. The van der Waals surface area contributed by atoms with Gasteiger partial charge in [-0.1, -0.05) is 103 Å². The van der Waals surface area contributed by atoms with Gasteiger partial charge in [-0.2, -0.15) is 0 Å². The fourth-order valence-electron chi connectivity index (χ4n) is 4.36. The number of hydrogen-bond acceptors (Lipinski definition) is 6. The summed E-state index contributed by atoms with van der Waals surface area (Å²) in [4.78, 5) is 22.2. The van der Waals surface area contributed by atoms with Crippen LogP contribution < -0.4 is 4.74 Å². The Hall–Kier alpha value is -3.02. The summed E-state index contributed by atoms with van der Waals surface area (Å²) in [7, 11) is 2.71. The van der Waals surface area contributed by atoms with Crippen LogP contribution in [-0.4, -0.2) is 37.9 Å². The first-order valence-corrected chi connectivity index (χ1v) is 15.2. The summed E-state index contributed by atoms with van der Waals surface area (Å²) in [5, 5.41) is 8.86. The van der Waals surface area contributed by atoms with Crippen LogP contribution in [0, 0.1) is 0 Å². The van der Waals surface area contributed by atoms with E-state index >= 15 is 0 Å². The maximum atomic E-state index is 11.4. The molecule has 0 aliphatic rings. The van der Waals surface area contributed by atoms with Crippen molar-refractivity contribution in [3.8, 4) is 11.5 Å². The van der Waals surface area contributed by atoms with Gasteiger partial charge in [-0.25, -0.2) is 9.59 Å². The van der Waals surface area contributed by atoms with Gasteiger partial charge in [0.2, 0.25) is 0 Å². The lowest BCUT2D eigenvalue weighted by molar-refractivity contribution is 0.0592. The number of phenolic OH excluding ortho intramolecular Hbond substituents is 1. The number of methoxy groups -OCH3 is 2. The van der Waals surface area contributed by atoms with Crippen LogP contribution in [0.3, 0.4) is 0 Å². The Morgan fingerprint density at radius 1 is 0.550 bits per heavy atom. The lowest BCUT2D eigenvalue weighted by Gasteiger charge is -2.07. The number of aromatic hydroxyl groups is 1. The Labute approximate surface area is 242 Å². The molecule has 2 aromatic carbocycles. The minimum Gasteiger partial charge on any atom is -0.508 e. The SMILES string of the molecule is CCCCCCCCCCCCCCCCCCOc1ccc(C(=O)OC)cc1.COC(=O)c1ccc(O)cc1. The Bertz CT molecular complexity index is 892. The summed E-state index contributed by atoms with van der Waals surface area (Å²) in [5.74, 6) is 0.246. The lowest BCUT2D eigenvalue weighted by Crippen LogP contribution is -2.01. The van der Waals surface area contributed by atoms with Gasteiger partial charge >= 0.3 is 11.9 Å². The van der Waals surface area contributed by atoms with Gasteiger partial charge < -0.3 is 19.3 Å². The Morgan fingerprint density at radius 2 is 0.900 bits per heavy atom. The largest absolute Gasteiger partial charge is 0.508 e. The molecule has 6 heteroatoms. The molecule has 0 fully saturated rings. The molecule has 224 valence electrons. The van der Waals surface area contributed by atoms with Crippen LogP contribution in [0.5, 0.6) is 11.5 Å².